The fourth-order valence-corrected chi connectivity index (χ4v) is 4.17. The summed E-state index contributed by atoms with van der Waals surface area (Å²) in [4.78, 5) is 5.88. The van der Waals surface area contributed by atoms with Crippen LogP contribution in [0, 0.1) is 0 Å². The number of pyridine rings is 1. The van der Waals surface area contributed by atoms with Gasteiger partial charge in [0, 0.05) is 28.9 Å². The third-order valence-corrected chi connectivity index (χ3v) is 5.81. The molecule has 8 nitrogen and oxygen atoms in total. The highest BCUT2D eigenvalue weighted by atomic mass is 35.5. The van der Waals surface area contributed by atoms with Crippen LogP contribution in [0.3, 0.4) is 0 Å². The molecule has 0 unspecified atom stereocenters. The summed E-state index contributed by atoms with van der Waals surface area (Å²) in [6.45, 7) is 0.445. The van der Waals surface area contributed by atoms with E-state index in [1.165, 1.54) is 0 Å². The maximum Gasteiger partial charge on any atom is 0.213 e. The summed E-state index contributed by atoms with van der Waals surface area (Å²) in [7, 11) is 0. The van der Waals surface area contributed by atoms with Gasteiger partial charge in [-0.3, -0.25) is 4.57 Å². The number of hydrogen-bond donors (Lipinski definition) is 0. The number of aromatic nitrogens is 7. The lowest BCUT2D eigenvalue weighted by atomic mass is 9.86. The van der Waals surface area contributed by atoms with Gasteiger partial charge in [-0.2, -0.15) is 15.0 Å². The van der Waals surface area contributed by atoms with E-state index in [1.807, 2.05) is 42.5 Å². The van der Waals surface area contributed by atoms with Crippen molar-refractivity contribution in [2.75, 3.05) is 0 Å². The van der Waals surface area contributed by atoms with Crippen molar-refractivity contribution in [1.82, 2.24) is 34.7 Å². The molecular weight excluding hydrogens is 414 g/mol. The van der Waals surface area contributed by atoms with E-state index in [0.717, 1.165) is 43.0 Å². The van der Waals surface area contributed by atoms with Gasteiger partial charge in [-0.15, -0.1) is 10.2 Å². The Kier molecular flexibility index (Phi) is 5.62. The summed E-state index contributed by atoms with van der Waals surface area (Å²) in [5, 5.41) is 18.2. The van der Waals surface area contributed by atoms with Gasteiger partial charge >= 0.3 is 0 Å². The molecule has 0 spiro atoms. The first-order valence-corrected chi connectivity index (χ1v) is 10.8. The minimum atomic E-state index is 0.172. The van der Waals surface area contributed by atoms with Crippen molar-refractivity contribution in [3.63, 3.8) is 0 Å². The van der Waals surface area contributed by atoms with Gasteiger partial charge < -0.3 is 4.74 Å². The Morgan fingerprint density at radius 3 is 2.39 bits per heavy atom. The third-order valence-electron chi connectivity index (χ3n) is 5.55. The number of benzene rings is 1. The van der Waals surface area contributed by atoms with E-state index < -0.39 is 0 Å². The lowest BCUT2D eigenvalue weighted by molar-refractivity contribution is 0.139. The van der Waals surface area contributed by atoms with Gasteiger partial charge in [0.05, 0.1) is 12.4 Å². The van der Waals surface area contributed by atoms with Crippen LogP contribution in [-0.4, -0.2) is 40.8 Å². The standard InChI is InChI=1S/C22H22ClN7O/c23-17-6-8-18(9-7-17)30-20(15-29-25-13-14-26-29)27-28-22(30)16-4-10-19(11-5-16)31-21-3-1-2-12-24-21/h1-3,6-9,12-14,16,19H,4-5,10-11,15H2/t16-,19+. The number of ether oxygens (including phenoxy) is 1. The van der Waals surface area contributed by atoms with Crippen LogP contribution in [0.4, 0.5) is 0 Å². The fourth-order valence-electron chi connectivity index (χ4n) is 4.05. The number of nitrogens with zero attached hydrogens (tertiary/aromatic N) is 7. The molecule has 1 aliphatic rings. The lowest BCUT2D eigenvalue weighted by Gasteiger charge is -2.28. The minimum Gasteiger partial charge on any atom is -0.474 e. The average molecular weight is 436 g/mol. The molecule has 0 radical (unpaired) electrons. The molecule has 1 fully saturated rings. The zero-order chi connectivity index (χ0) is 21.0. The summed E-state index contributed by atoms with van der Waals surface area (Å²) in [6.07, 6.45) is 9.10. The lowest BCUT2D eigenvalue weighted by Crippen LogP contribution is -2.25. The van der Waals surface area contributed by atoms with Crippen molar-refractivity contribution in [1.29, 1.82) is 0 Å². The van der Waals surface area contributed by atoms with E-state index in [2.05, 4.69) is 29.9 Å². The van der Waals surface area contributed by atoms with Gasteiger partial charge in [-0.25, -0.2) is 4.98 Å². The molecule has 31 heavy (non-hydrogen) atoms. The zero-order valence-electron chi connectivity index (χ0n) is 16.9. The molecule has 0 N–H and O–H groups in total. The molecule has 1 aliphatic carbocycles. The second-order valence-corrected chi connectivity index (χ2v) is 8.04. The maximum atomic E-state index is 6.12. The normalized spacial score (nSPS) is 18.7. The highest BCUT2D eigenvalue weighted by Crippen LogP contribution is 2.35. The van der Waals surface area contributed by atoms with Gasteiger partial charge in [-0.05, 0) is 56.0 Å². The summed E-state index contributed by atoms with van der Waals surface area (Å²) >= 11 is 6.12. The van der Waals surface area contributed by atoms with Gasteiger partial charge in [-0.1, -0.05) is 17.7 Å². The Bertz CT molecular complexity index is 1100. The molecule has 5 rings (SSSR count). The first kappa shape index (κ1) is 19.7. The predicted octanol–water partition coefficient (Wildman–Crippen LogP) is 4.06. The topological polar surface area (TPSA) is 83.5 Å². The van der Waals surface area contributed by atoms with E-state index in [0.29, 0.717) is 23.4 Å². The van der Waals surface area contributed by atoms with Crippen LogP contribution in [0.5, 0.6) is 5.88 Å². The van der Waals surface area contributed by atoms with Crippen molar-refractivity contribution in [3.05, 3.63) is 77.7 Å². The fraction of sp³-hybridized carbons (Fsp3) is 0.318. The summed E-state index contributed by atoms with van der Waals surface area (Å²) in [5.74, 6) is 2.73. The molecule has 3 aromatic heterocycles. The molecule has 4 aromatic rings. The van der Waals surface area contributed by atoms with Crippen molar-refractivity contribution in [2.24, 2.45) is 0 Å². The second kappa shape index (κ2) is 8.85. The Balaban J connectivity index is 1.37. The molecule has 0 amide bonds. The van der Waals surface area contributed by atoms with Gasteiger partial charge in [0.15, 0.2) is 5.82 Å². The quantitative estimate of drug-likeness (QED) is 0.454. The highest BCUT2D eigenvalue weighted by molar-refractivity contribution is 6.30. The molecule has 158 valence electrons. The predicted molar refractivity (Wildman–Crippen MR) is 115 cm³/mol. The second-order valence-electron chi connectivity index (χ2n) is 7.61. The van der Waals surface area contributed by atoms with Gasteiger partial charge in [0.25, 0.3) is 0 Å². The summed E-state index contributed by atoms with van der Waals surface area (Å²) in [5.41, 5.74) is 0.985. The third kappa shape index (κ3) is 4.44. The van der Waals surface area contributed by atoms with E-state index >= 15 is 0 Å². The smallest absolute Gasteiger partial charge is 0.213 e. The molecule has 9 heteroatoms. The molecule has 0 aliphatic heterocycles. The molecule has 0 saturated heterocycles. The van der Waals surface area contributed by atoms with Crippen LogP contribution in [0.25, 0.3) is 5.69 Å². The molecule has 0 bridgehead atoms. The van der Waals surface area contributed by atoms with E-state index in [1.54, 1.807) is 23.4 Å². The molecule has 0 atom stereocenters. The minimum absolute atomic E-state index is 0.172. The van der Waals surface area contributed by atoms with E-state index in [-0.39, 0.29) is 6.10 Å². The number of hydrogen-bond acceptors (Lipinski definition) is 6. The Labute approximate surface area is 184 Å². The van der Waals surface area contributed by atoms with Crippen LogP contribution in [-0.2, 0) is 6.54 Å². The molecule has 1 saturated carbocycles. The Morgan fingerprint density at radius 1 is 0.903 bits per heavy atom. The highest BCUT2D eigenvalue weighted by Gasteiger charge is 2.29. The first-order valence-electron chi connectivity index (χ1n) is 10.4. The Hall–Kier alpha value is -3.26. The monoisotopic (exact) mass is 435 g/mol. The number of halogens is 1. The van der Waals surface area contributed by atoms with Crippen molar-refractivity contribution >= 4 is 11.6 Å². The Morgan fingerprint density at radius 2 is 1.68 bits per heavy atom. The average Bonchev–Trinajstić information content (AvgIpc) is 3.46. The zero-order valence-corrected chi connectivity index (χ0v) is 17.6. The summed E-state index contributed by atoms with van der Waals surface area (Å²) < 4.78 is 8.17. The van der Waals surface area contributed by atoms with E-state index in [4.69, 9.17) is 16.3 Å². The van der Waals surface area contributed by atoms with Crippen molar-refractivity contribution in [2.45, 2.75) is 44.2 Å². The molecule has 3 heterocycles. The van der Waals surface area contributed by atoms with Gasteiger partial charge in [0.1, 0.15) is 18.5 Å². The van der Waals surface area contributed by atoms with Crippen LogP contribution < -0.4 is 4.74 Å². The van der Waals surface area contributed by atoms with Crippen LogP contribution in [0.15, 0.2) is 61.1 Å². The molecule has 1 aromatic carbocycles. The van der Waals surface area contributed by atoms with Crippen LogP contribution in [0.1, 0.15) is 43.3 Å². The largest absolute Gasteiger partial charge is 0.474 e. The van der Waals surface area contributed by atoms with Crippen LogP contribution >= 0.6 is 11.6 Å². The van der Waals surface area contributed by atoms with E-state index in [9.17, 15) is 0 Å². The number of rotatable bonds is 6. The molecular formula is C22H22ClN7O. The first-order chi connectivity index (χ1) is 15.3. The summed E-state index contributed by atoms with van der Waals surface area (Å²) in [6, 6.07) is 13.5. The van der Waals surface area contributed by atoms with Crippen molar-refractivity contribution in [3.8, 4) is 11.6 Å². The van der Waals surface area contributed by atoms with Crippen molar-refractivity contribution < 1.29 is 4.74 Å². The van der Waals surface area contributed by atoms with Gasteiger partial charge in [0.2, 0.25) is 5.88 Å². The van der Waals surface area contributed by atoms with Crippen LogP contribution in [0.2, 0.25) is 5.02 Å². The SMILES string of the molecule is Clc1ccc(-n2c(Cn3nccn3)nnc2[C@H]2CC[C@@H](Oc3ccccn3)CC2)cc1. The maximum absolute atomic E-state index is 6.12.